The van der Waals surface area contributed by atoms with Crippen molar-refractivity contribution in [3.8, 4) is 23.0 Å². The Bertz CT molecular complexity index is 1360. The van der Waals surface area contributed by atoms with Gasteiger partial charge in [-0.1, -0.05) is 12.1 Å². The van der Waals surface area contributed by atoms with Crippen molar-refractivity contribution in [1.82, 2.24) is 0 Å². The summed E-state index contributed by atoms with van der Waals surface area (Å²) in [6, 6.07) is 15.4. The van der Waals surface area contributed by atoms with Crippen LogP contribution in [0.25, 0.3) is 11.0 Å². The van der Waals surface area contributed by atoms with Crippen LogP contribution < -0.4 is 18.9 Å². The van der Waals surface area contributed by atoms with Crippen molar-refractivity contribution in [2.75, 3.05) is 28.4 Å². The van der Waals surface area contributed by atoms with Gasteiger partial charge in [0, 0.05) is 10.9 Å². The predicted molar refractivity (Wildman–Crippen MR) is 128 cm³/mol. The Morgan fingerprint density at radius 3 is 2.23 bits per heavy atom. The van der Waals surface area contributed by atoms with Crippen LogP contribution in [0, 0.1) is 0 Å². The molecule has 3 aromatic carbocycles. The molecule has 0 aliphatic heterocycles. The zero-order valence-electron chi connectivity index (χ0n) is 19.7. The first-order valence-electron chi connectivity index (χ1n) is 10.6. The number of rotatable bonds is 9. The quantitative estimate of drug-likeness (QED) is 0.245. The molecule has 0 unspecified atom stereocenters. The van der Waals surface area contributed by atoms with Crippen molar-refractivity contribution >= 4 is 22.7 Å². The lowest BCUT2D eigenvalue weighted by atomic mass is 10.0. The minimum absolute atomic E-state index is 0.227. The smallest absolute Gasteiger partial charge is 0.337 e. The van der Waals surface area contributed by atoms with Crippen LogP contribution >= 0.6 is 0 Å². The molecule has 0 bridgehead atoms. The van der Waals surface area contributed by atoms with Gasteiger partial charge in [0.1, 0.15) is 24.2 Å². The first-order valence-corrected chi connectivity index (χ1v) is 10.6. The number of hydrogen-bond donors (Lipinski definition) is 0. The number of hydrogen-bond acceptors (Lipinski definition) is 8. The van der Waals surface area contributed by atoms with Crippen LogP contribution in [0.4, 0.5) is 0 Å². The van der Waals surface area contributed by atoms with Gasteiger partial charge in [-0.2, -0.15) is 0 Å². The van der Waals surface area contributed by atoms with E-state index in [1.54, 1.807) is 48.5 Å². The Morgan fingerprint density at radius 1 is 0.829 bits per heavy atom. The largest absolute Gasteiger partial charge is 0.493 e. The lowest BCUT2D eigenvalue weighted by Gasteiger charge is -2.13. The maximum absolute atomic E-state index is 13.4. The third-order valence-electron chi connectivity index (χ3n) is 5.47. The SMILES string of the molecule is COC(=O)c1cccc(COc2ccc3occ(C(=O)c4cc(OC)c(OC)c(OC)c4)c3c2)c1. The van der Waals surface area contributed by atoms with Gasteiger partial charge in [0.15, 0.2) is 17.3 Å². The molecular formula is C27H24O8. The number of carbonyl (C=O) groups is 2. The molecule has 0 spiro atoms. The van der Waals surface area contributed by atoms with E-state index >= 15 is 0 Å². The summed E-state index contributed by atoms with van der Waals surface area (Å²) in [4.78, 5) is 25.1. The Balaban J connectivity index is 1.62. The normalized spacial score (nSPS) is 10.6. The van der Waals surface area contributed by atoms with E-state index in [0.717, 1.165) is 5.56 Å². The van der Waals surface area contributed by atoms with Gasteiger partial charge >= 0.3 is 5.97 Å². The average molecular weight is 476 g/mol. The van der Waals surface area contributed by atoms with Crippen LogP contribution in [-0.2, 0) is 11.3 Å². The van der Waals surface area contributed by atoms with Crippen molar-refractivity contribution < 1.29 is 37.7 Å². The second-order valence-electron chi connectivity index (χ2n) is 7.53. The van der Waals surface area contributed by atoms with E-state index in [9.17, 15) is 9.59 Å². The van der Waals surface area contributed by atoms with Gasteiger partial charge in [0.05, 0.1) is 39.6 Å². The molecule has 1 heterocycles. The molecule has 8 nitrogen and oxygen atoms in total. The fourth-order valence-corrected chi connectivity index (χ4v) is 3.71. The standard InChI is InChI=1S/C27H24O8/c1-30-23-11-18(12-24(31-2)26(23)32-3)25(28)21-15-35-22-9-8-19(13-20(21)22)34-14-16-6-5-7-17(10-16)27(29)33-4/h5-13,15H,14H2,1-4H3. The highest BCUT2D eigenvalue weighted by Crippen LogP contribution is 2.39. The number of esters is 1. The average Bonchev–Trinajstić information content (AvgIpc) is 3.33. The van der Waals surface area contributed by atoms with Crippen LogP contribution in [0.1, 0.15) is 31.8 Å². The van der Waals surface area contributed by atoms with Crippen LogP contribution in [0.3, 0.4) is 0 Å². The molecule has 35 heavy (non-hydrogen) atoms. The van der Waals surface area contributed by atoms with Crippen LogP contribution in [0.15, 0.2) is 65.3 Å². The minimum atomic E-state index is -0.415. The number of ether oxygens (including phenoxy) is 5. The summed E-state index contributed by atoms with van der Waals surface area (Å²) in [7, 11) is 5.81. The van der Waals surface area contributed by atoms with E-state index in [1.807, 2.05) is 6.07 Å². The van der Waals surface area contributed by atoms with Crippen molar-refractivity contribution in [3.05, 3.63) is 83.1 Å². The maximum Gasteiger partial charge on any atom is 0.337 e. The molecule has 4 aromatic rings. The summed E-state index contributed by atoms with van der Waals surface area (Å²) in [5.74, 6) is 1.01. The molecule has 4 rings (SSSR count). The molecule has 0 amide bonds. The first-order chi connectivity index (χ1) is 17.0. The molecule has 0 aliphatic rings. The zero-order valence-corrected chi connectivity index (χ0v) is 19.7. The summed E-state index contributed by atoms with van der Waals surface area (Å²) in [5.41, 5.74) is 2.51. The van der Waals surface area contributed by atoms with Crippen molar-refractivity contribution in [2.45, 2.75) is 6.61 Å². The van der Waals surface area contributed by atoms with Crippen molar-refractivity contribution in [2.24, 2.45) is 0 Å². The second-order valence-corrected chi connectivity index (χ2v) is 7.53. The Hall–Kier alpha value is -4.46. The second kappa shape index (κ2) is 10.2. The predicted octanol–water partition coefficient (Wildman–Crippen LogP) is 5.06. The lowest BCUT2D eigenvalue weighted by molar-refractivity contribution is 0.0600. The number of furan rings is 1. The minimum Gasteiger partial charge on any atom is -0.493 e. The van der Waals surface area contributed by atoms with Crippen molar-refractivity contribution in [3.63, 3.8) is 0 Å². The first kappa shape index (κ1) is 23.7. The fraction of sp³-hybridized carbons (Fsp3) is 0.185. The monoisotopic (exact) mass is 476 g/mol. The van der Waals surface area contributed by atoms with Gasteiger partial charge in [0.2, 0.25) is 5.75 Å². The summed E-state index contributed by atoms with van der Waals surface area (Å²) in [6.45, 7) is 0.227. The molecule has 180 valence electrons. The van der Waals surface area contributed by atoms with Crippen LogP contribution in [0.5, 0.6) is 23.0 Å². The molecule has 0 N–H and O–H groups in total. The van der Waals surface area contributed by atoms with E-state index in [2.05, 4.69) is 0 Å². The lowest BCUT2D eigenvalue weighted by Crippen LogP contribution is -2.04. The molecule has 0 aliphatic carbocycles. The summed E-state index contributed by atoms with van der Waals surface area (Å²) >= 11 is 0. The van der Waals surface area contributed by atoms with Gasteiger partial charge in [-0.05, 0) is 48.0 Å². The highest BCUT2D eigenvalue weighted by molar-refractivity contribution is 6.16. The Kier molecular flexibility index (Phi) is 6.91. The zero-order chi connectivity index (χ0) is 24.9. The van der Waals surface area contributed by atoms with E-state index in [-0.39, 0.29) is 12.4 Å². The van der Waals surface area contributed by atoms with E-state index in [4.69, 9.17) is 28.1 Å². The molecule has 0 fully saturated rings. The third-order valence-corrected chi connectivity index (χ3v) is 5.47. The van der Waals surface area contributed by atoms with Crippen LogP contribution in [0.2, 0.25) is 0 Å². The third kappa shape index (κ3) is 4.77. The van der Waals surface area contributed by atoms with E-state index in [1.165, 1.54) is 34.7 Å². The molecule has 0 saturated heterocycles. The number of fused-ring (bicyclic) bond motifs is 1. The molecule has 8 heteroatoms. The molecule has 0 saturated carbocycles. The van der Waals surface area contributed by atoms with Gasteiger partial charge in [-0.25, -0.2) is 4.79 Å². The number of carbonyl (C=O) groups excluding carboxylic acids is 2. The van der Waals surface area contributed by atoms with Crippen LogP contribution in [-0.4, -0.2) is 40.2 Å². The number of ketones is 1. The maximum atomic E-state index is 13.4. The molecule has 1 aromatic heterocycles. The summed E-state index contributed by atoms with van der Waals surface area (Å²) in [6.07, 6.45) is 1.42. The highest BCUT2D eigenvalue weighted by atomic mass is 16.5. The van der Waals surface area contributed by atoms with E-state index in [0.29, 0.717) is 50.7 Å². The molecular weight excluding hydrogens is 452 g/mol. The van der Waals surface area contributed by atoms with Gasteiger partial charge < -0.3 is 28.1 Å². The summed E-state index contributed by atoms with van der Waals surface area (Å²) < 4.78 is 32.4. The van der Waals surface area contributed by atoms with Gasteiger partial charge in [-0.15, -0.1) is 0 Å². The molecule has 0 radical (unpaired) electrons. The highest BCUT2D eigenvalue weighted by Gasteiger charge is 2.21. The summed E-state index contributed by atoms with van der Waals surface area (Å²) in [5, 5.41) is 0.601. The Labute approximate surface area is 201 Å². The fourth-order valence-electron chi connectivity index (χ4n) is 3.71. The topological polar surface area (TPSA) is 93.4 Å². The molecule has 0 atom stereocenters. The number of methoxy groups -OCH3 is 4. The van der Waals surface area contributed by atoms with Gasteiger partial charge in [0.25, 0.3) is 0 Å². The number of benzene rings is 3. The van der Waals surface area contributed by atoms with Gasteiger partial charge in [-0.3, -0.25) is 4.79 Å². The van der Waals surface area contributed by atoms with Crippen molar-refractivity contribution in [1.29, 1.82) is 0 Å². The van der Waals surface area contributed by atoms with E-state index < -0.39 is 5.97 Å². The Morgan fingerprint density at radius 2 is 1.57 bits per heavy atom.